The van der Waals surface area contributed by atoms with E-state index >= 15 is 0 Å². The Labute approximate surface area is 131 Å². The fourth-order valence-corrected chi connectivity index (χ4v) is 2.02. The Balaban J connectivity index is 2.52. The summed E-state index contributed by atoms with van der Waals surface area (Å²) in [4.78, 5) is 23.4. The molecule has 0 fully saturated rings. The Bertz CT molecular complexity index is 487. The van der Waals surface area contributed by atoms with Crippen molar-refractivity contribution in [3.63, 3.8) is 0 Å². The molecule has 1 aromatic carbocycles. The van der Waals surface area contributed by atoms with Crippen LogP contribution in [0.2, 0.25) is 0 Å². The molecule has 0 aromatic heterocycles. The van der Waals surface area contributed by atoms with Gasteiger partial charge in [0.05, 0.1) is 6.10 Å². The summed E-state index contributed by atoms with van der Waals surface area (Å²) in [6, 6.07) is 8.94. The number of ether oxygens (including phenoxy) is 1. The van der Waals surface area contributed by atoms with E-state index in [2.05, 4.69) is 5.32 Å². The van der Waals surface area contributed by atoms with Gasteiger partial charge < -0.3 is 15.2 Å². The van der Waals surface area contributed by atoms with Crippen molar-refractivity contribution >= 4 is 11.9 Å². The Morgan fingerprint density at radius 1 is 1.27 bits per heavy atom. The third-order valence-corrected chi connectivity index (χ3v) is 3.52. The zero-order valence-electron chi connectivity index (χ0n) is 13.5. The molecule has 0 bridgehead atoms. The minimum Gasteiger partial charge on any atom is -0.481 e. The highest BCUT2D eigenvalue weighted by molar-refractivity contribution is 5.83. The quantitative estimate of drug-likeness (QED) is 0.687. The number of hydrogen-bond acceptors (Lipinski definition) is 3. The van der Waals surface area contributed by atoms with E-state index in [0.717, 1.165) is 0 Å². The van der Waals surface area contributed by atoms with Crippen LogP contribution in [0.1, 0.15) is 39.2 Å². The lowest BCUT2D eigenvalue weighted by atomic mass is 9.82. The number of rotatable bonds is 9. The lowest BCUT2D eigenvalue weighted by molar-refractivity contribution is -0.143. The maximum absolute atomic E-state index is 11.8. The number of hydrogen-bond donors (Lipinski definition) is 2. The zero-order chi connectivity index (χ0) is 16.6. The van der Waals surface area contributed by atoms with Gasteiger partial charge in [0, 0.05) is 19.6 Å². The number of amides is 1. The Morgan fingerprint density at radius 2 is 1.91 bits per heavy atom. The fraction of sp³-hybridized carbons (Fsp3) is 0.529. The summed E-state index contributed by atoms with van der Waals surface area (Å²) in [6.07, 6.45) is 1.10. The zero-order valence-corrected chi connectivity index (χ0v) is 13.5. The number of carboxylic acids is 1. The second-order valence-corrected chi connectivity index (χ2v) is 5.80. The molecule has 0 aliphatic carbocycles. The summed E-state index contributed by atoms with van der Waals surface area (Å²) < 4.78 is 5.37. The number of aliphatic carboxylic acids is 1. The number of carboxylic acid groups (broad SMARTS) is 1. The van der Waals surface area contributed by atoms with Crippen LogP contribution >= 0.6 is 0 Å². The van der Waals surface area contributed by atoms with Gasteiger partial charge in [0.15, 0.2) is 0 Å². The van der Waals surface area contributed by atoms with Crippen LogP contribution < -0.4 is 5.32 Å². The van der Waals surface area contributed by atoms with Crippen LogP contribution in [-0.4, -0.2) is 36.2 Å². The van der Waals surface area contributed by atoms with Crippen molar-refractivity contribution in [3.8, 4) is 0 Å². The molecule has 0 spiro atoms. The van der Waals surface area contributed by atoms with E-state index in [1.54, 1.807) is 31.2 Å². The number of carbonyl (C=O) groups is 2. The fourth-order valence-electron chi connectivity index (χ4n) is 2.02. The molecular weight excluding hydrogens is 282 g/mol. The van der Waals surface area contributed by atoms with E-state index in [1.807, 2.05) is 19.9 Å². The first-order valence-corrected chi connectivity index (χ1v) is 7.53. The van der Waals surface area contributed by atoms with Gasteiger partial charge in [-0.3, -0.25) is 9.59 Å². The number of nitrogens with one attached hydrogen (secondary N) is 1. The topological polar surface area (TPSA) is 75.6 Å². The van der Waals surface area contributed by atoms with Crippen molar-refractivity contribution in [3.05, 3.63) is 35.9 Å². The van der Waals surface area contributed by atoms with Gasteiger partial charge in [-0.1, -0.05) is 30.3 Å². The minimum absolute atomic E-state index is 0.0657. The van der Waals surface area contributed by atoms with Crippen molar-refractivity contribution in [2.24, 2.45) is 0 Å². The summed E-state index contributed by atoms with van der Waals surface area (Å²) in [6.45, 7) is 6.10. The molecule has 0 radical (unpaired) electrons. The van der Waals surface area contributed by atoms with Crippen LogP contribution in [0.5, 0.6) is 0 Å². The molecule has 22 heavy (non-hydrogen) atoms. The molecule has 1 aromatic rings. The standard InChI is InChI=1S/C17H25NO4/c1-13(2)22-11-7-10-15(19)18-12-17(3,16(20)21)14-8-5-4-6-9-14/h4-6,8-9,13H,7,10-12H2,1-3H3,(H,18,19)(H,20,21). The lowest BCUT2D eigenvalue weighted by Gasteiger charge is -2.25. The summed E-state index contributed by atoms with van der Waals surface area (Å²) in [5, 5.41) is 12.2. The van der Waals surface area contributed by atoms with E-state index in [1.165, 1.54) is 0 Å². The van der Waals surface area contributed by atoms with Crippen LogP contribution in [0.25, 0.3) is 0 Å². The van der Waals surface area contributed by atoms with Gasteiger partial charge in [-0.15, -0.1) is 0 Å². The van der Waals surface area contributed by atoms with Gasteiger partial charge in [0.1, 0.15) is 5.41 Å². The van der Waals surface area contributed by atoms with Crippen molar-refractivity contribution in [1.29, 1.82) is 0 Å². The van der Waals surface area contributed by atoms with Crippen LogP contribution in [0.3, 0.4) is 0 Å². The third kappa shape index (κ3) is 5.48. The molecule has 1 amide bonds. The molecule has 2 N–H and O–H groups in total. The Hall–Kier alpha value is -1.88. The highest BCUT2D eigenvalue weighted by Crippen LogP contribution is 2.23. The van der Waals surface area contributed by atoms with Gasteiger partial charge in [0.25, 0.3) is 0 Å². The lowest BCUT2D eigenvalue weighted by Crippen LogP contribution is -2.44. The van der Waals surface area contributed by atoms with Crippen molar-refractivity contribution in [2.45, 2.75) is 45.1 Å². The summed E-state index contributed by atoms with van der Waals surface area (Å²) in [7, 11) is 0. The molecule has 122 valence electrons. The summed E-state index contributed by atoms with van der Waals surface area (Å²) >= 11 is 0. The Kier molecular flexibility index (Phi) is 7.05. The van der Waals surface area contributed by atoms with Gasteiger partial charge in [-0.25, -0.2) is 0 Å². The second kappa shape index (κ2) is 8.54. The highest BCUT2D eigenvalue weighted by atomic mass is 16.5. The first-order valence-electron chi connectivity index (χ1n) is 7.53. The van der Waals surface area contributed by atoms with Gasteiger partial charge in [-0.2, -0.15) is 0 Å². The Morgan fingerprint density at radius 3 is 2.45 bits per heavy atom. The molecule has 5 nitrogen and oxygen atoms in total. The van der Waals surface area contributed by atoms with Crippen molar-refractivity contribution in [2.75, 3.05) is 13.2 Å². The maximum atomic E-state index is 11.8. The molecule has 1 unspecified atom stereocenters. The van der Waals surface area contributed by atoms with Crippen LogP contribution in [0.15, 0.2) is 30.3 Å². The predicted molar refractivity (Wildman–Crippen MR) is 84.8 cm³/mol. The average Bonchev–Trinajstić information content (AvgIpc) is 2.49. The maximum Gasteiger partial charge on any atom is 0.315 e. The first-order chi connectivity index (χ1) is 10.4. The van der Waals surface area contributed by atoms with Gasteiger partial charge >= 0.3 is 5.97 Å². The first kappa shape index (κ1) is 18.2. The van der Waals surface area contributed by atoms with Gasteiger partial charge in [0.2, 0.25) is 5.91 Å². The number of carbonyl (C=O) groups excluding carboxylic acids is 1. The van der Waals surface area contributed by atoms with E-state index in [4.69, 9.17) is 4.74 Å². The highest BCUT2D eigenvalue weighted by Gasteiger charge is 2.35. The smallest absolute Gasteiger partial charge is 0.315 e. The molecule has 0 saturated carbocycles. The number of benzene rings is 1. The van der Waals surface area contributed by atoms with Crippen LogP contribution in [-0.2, 0) is 19.7 Å². The second-order valence-electron chi connectivity index (χ2n) is 5.80. The van der Waals surface area contributed by atoms with Crippen molar-refractivity contribution < 1.29 is 19.4 Å². The predicted octanol–water partition coefficient (Wildman–Crippen LogP) is 2.35. The average molecular weight is 307 g/mol. The normalized spacial score (nSPS) is 13.6. The molecular formula is C17H25NO4. The van der Waals surface area contributed by atoms with E-state index in [-0.39, 0.29) is 18.6 Å². The molecule has 1 rings (SSSR count). The van der Waals surface area contributed by atoms with Gasteiger partial charge in [-0.05, 0) is 32.8 Å². The largest absolute Gasteiger partial charge is 0.481 e. The SMILES string of the molecule is CC(C)OCCCC(=O)NCC(C)(C(=O)O)c1ccccc1. The third-order valence-electron chi connectivity index (χ3n) is 3.52. The minimum atomic E-state index is -1.13. The molecule has 5 heteroatoms. The molecule has 1 atom stereocenters. The van der Waals surface area contributed by atoms with Crippen molar-refractivity contribution in [1.82, 2.24) is 5.32 Å². The monoisotopic (exact) mass is 307 g/mol. The van der Waals surface area contributed by atoms with Crippen LogP contribution in [0, 0.1) is 0 Å². The molecule has 0 heterocycles. The van der Waals surface area contributed by atoms with E-state index < -0.39 is 11.4 Å². The summed E-state index contributed by atoms with van der Waals surface area (Å²) in [5.74, 6) is -1.11. The molecule has 0 aliphatic heterocycles. The van der Waals surface area contributed by atoms with E-state index in [0.29, 0.717) is 25.0 Å². The molecule has 0 aliphatic rings. The summed E-state index contributed by atoms with van der Waals surface area (Å²) in [5.41, 5.74) is -0.461. The van der Waals surface area contributed by atoms with E-state index in [9.17, 15) is 14.7 Å². The van der Waals surface area contributed by atoms with Crippen LogP contribution in [0.4, 0.5) is 0 Å². The molecule has 0 saturated heterocycles.